The molecule has 3 rings (SSSR count). The summed E-state index contributed by atoms with van der Waals surface area (Å²) in [6.07, 6.45) is 1.74. The summed E-state index contributed by atoms with van der Waals surface area (Å²) in [7, 11) is 3.24. The molecular weight excluding hydrogens is 360 g/mol. The highest BCUT2D eigenvalue weighted by molar-refractivity contribution is 8.15. The van der Waals surface area contributed by atoms with Crippen LogP contribution in [-0.2, 0) is 9.59 Å². The number of amidine groups is 1. The second-order valence-corrected chi connectivity index (χ2v) is 7.24. The first-order valence-electron chi connectivity index (χ1n) is 7.43. The van der Waals surface area contributed by atoms with Crippen molar-refractivity contribution in [2.75, 3.05) is 19.5 Å². The van der Waals surface area contributed by atoms with Gasteiger partial charge in [0.05, 0.1) is 7.11 Å². The Bertz CT molecular complexity index is 790. The predicted octanol–water partition coefficient (Wildman–Crippen LogP) is 2.74. The van der Waals surface area contributed by atoms with Gasteiger partial charge in [0, 0.05) is 30.7 Å². The van der Waals surface area contributed by atoms with Crippen LogP contribution in [0.15, 0.2) is 40.8 Å². The number of rotatable bonds is 5. The quantitative estimate of drug-likeness (QED) is 0.867. The number of nitrogens with one attached hydrogen (secondary N) is 1. The predicted molar refractivity (Wildman–Crippen MR) is 99.6 cm³/mol. The molecule has 1 aromatic carbocycles. The molecule has 130 valence electrons. The van der Waals surface area contributed by atoms with Crippen LogP contribution in [0.2, 0.25) is 0 Å². The van der Waals surface area contributed by atoms with Crippen LogP contribution in [0.1, 0.15) is 6.42 Å². The van der Waals surface area contributed by atoms with Gasteiger partial charge in [-0.05, 0) is 24.3 Å². The normalized spacial score (nSPS) is 18.6. The summed E-state index contributed by atoms with van der Waals surface area (Å²) >= 11 is 2.68. The van der Waals surface area contributed by atoms with E-state index in [2.05, 4.69) is 15.3 Å². The molecule has 0 radical (unpaired) electrons. The standard InChI is InChI=1S/C16H16N4O3S2/c1-20-14(22)12(25-16(20)19-15-17-7-8-24-15)9-13(21)18-10-3-5-11(23-2)6-4-10/h3-8,12H,9H2,1-2H3,(H,18,21). The van der Waals surface area contributed by atoms with Crippen LogP contribution in [0.25, 0.3) is 0 Å². The van der Waals surface area contributed by atoms with Crippen molar-refractivity contribution >= 4 is 50.9 Å². The maximum Gasteiger partial charge on any atom is 0.242 e. The van der Waals surface area contributed by atoms with Crippen LogP contribution in [0.3, 0.4) is 0 Å². The average molecular weight is 376 g/mol. The van der Waals surface area contributed by atoms with Crippen LogP contribution in [-0.4, -0.2) is 46.3 Å². The van der Waals surface area contributed by atoms with E-state index in [0.29, 0.717) is 21.7 Å². The van der Waals surface area contributed by atoms with E-state index in [4.69, 9.17) is 4.74 Å². The first-order chi connectivity index (χ1) is 12.1. The number of anilines is 1. The highest BCUT2D eigenvalue weighted by Gasteiger charge is 2.37. The molecule has 1 fully saturated rings. The molecule has 1 atom stereocenters. The molecule has 2 aromatic rings. The Morgan fingerprint density at radius 3 is 2.80 bits per heavy atom. The first-order valence-corrected chi connectivity index (χ1v) is 9.19. The van der Waals surface area contributed by atoms with Crippen molar-refractivity contribution in [3.8, 4) is 5.75 Å². The number of ether oxygens (including phenoxy) is 1. The number of aliphatic imine (C=N–C) groups is 1. The Morgan fingerprint density at radius 1 is 1.40 bits per heavy atom. The van der Waals surface area contributed by atoms with E-state index in [1.54, 1.807) is 44.6 Å². The van der Waals surface area contributed by atoms with E-state index in [0.717, 1.165) is 0 Å². The summed E-state index contributed by atoms with van der Waals surface area (Å²) in [6.45, 7) is 0. The molecule has 0 aliphatic carbocycles. The molecule has 0 spiro atoms. The van der Waals surface area contributed by atoms with Crippen molar-refractivity contribution in [1.29, 1.82) is 0 Å². The van der Waals surface area contributed by atoms with E-state index in [9.17, 15) is 9.59 Å². The van der Waals surface area contributed by atoms with Crippen molar-refractivity contribution in [1.82, 2.24) is 9.88 Å². The SMILES string of the molecule is COc1ccc(NC(=O)CC2SC(=Nc3nccs3)N(C)C2=O)cc1. The molecule has 1 unspecified atom stereocenters. The van der Waals surface area contributed by atoms with Gasteiger partial charge in [0.1, 0.15) is 11.0 Å². The monoisotopic (exact) mass is 376 g/mol. The third-order valence-corrected chi connectivity index (χ3v) is 5.39. The second kappa shape index (κ2) is 7.66. The number of thiazole rings is 1. The van der Waals surface area contributed by atoms with Crippen LogP contribution < -0.4 is 10.1 Å². The fraction of sp³-hybridized carbons (Fsp3) is 0.250. The van der Waals surface area contributed by atoms with Gasteiger partial charge < -0.3 is 10.1 Å². The lowest BCUT2D eigenvalue weighted by Crippen LogP contribution is -2.30. The molecule has 2 heterocycles. The van der Waals surface area contributed by atoms with Gasteiger partial charge in [-0.15, -0.1) is 11.3 Å². The Kier molecular flexibility index (Phi) is 5.34. The fourth-order valence-corrected chi connectivity index (χ4v) is 3.90. The minimum atomic E-state index is -0.484. The van der Waals surface area contributed by atoms with Gasteiger partial charge in [-0.2, -0.15) is 4.99 Å². The summed E-state index contributed by atoms with van der Waals surface area (Å²) in [4.78, 5) is 34.5. The lowest BCUT2D eigenvalue weighted by atomic mass is 10.2. The number of carbonyl (C=O) groups is 2. The van der Waals surface area contributed by atoms with Gasteiger partial charge in [0.2, 0.25) is 16.9 Å². The largest absolute Gasteiger partial charge is 0.497 e. The lowest BCUT2D eigenvalue weighted by molar-refractivity contribution is -0.127. The van der Waals surface area contributed by atoms with E-state index < -0.39 is 5.25 Å². The number of nitrogens with zero attached hydrogens (tertiary/aromatic N) is 3. The van der Waals surface area contributed by atoms with Crippen LogP contribution in [0, 0.1) is 0 Å². The van der Waals surface area contributed by atoms with E-state index in [-0.39, 0.29) is 18.2 Å². The van der Waals surface area contributed by atoms with Gasteiger partial charge in [0.25, 0.3) is 0 Å². The van der Waals surface area contributed by atoms with Crippen LogP contribution in [0.4, 0.5) is 10.8 Å². The number of thioether (sulfide) groups is 1. The molecule has 7 nitrogen and oxygen atoms in total. The van der Waals surface area contributed by atoms with Crippen molar-refractivity contribution in [3.05, 3.63) is 35.8 Å². The second-order valence-electron chi connectivity index (χ2n) is 5.19. The topological polar surface area (TPSA) is 83.9 Å². The Labute approximate surface area is 153 Å². The number of methoxy groups -OCH3 is 1. The van der Waals surface area contributed by atoms with Crippen LogP contribution in [0.5, 0.6) is 5.75 Å². The van der Waals surface area contributed by atoms with E-state index in [1.165, 1.54) is 28.0 Å². The smallest absolute Gasteiger partial charge is 0.242 e. The Morgan fingerprint density at radius 2 is 2.16 bits per heavy atom. The van der Waals surface area contributed by atoms with Crippen molar-refractivity contribution in [2.45, 2.75) is 11.7 Å². The third kappa shape index (κ3) is 4.18. The van der Waals surface area contributed by atoms with E-state index in [1.807, 2.05) is 5.38 Å². The molecule has 0 saturated carbocycles. The molecule has 0 bridgehead atoms. The zero-order valence-corrected chi connectivity index (χ0v) is 15.3. The molecular formula is C16H16N4O3S2. The van der Waals surface area contributed by atoms with E-state index >= 15 is 0 Å². The Hall–Kier alpha value is -2.39. The average Bonchev–Trinajstić information content (AvgIpc) is 3.20. The fourth-order valence-electron chi connectivity index (χ4n) is 2.20. The highest BCUT2D eigenvalue weighted by Crippen LogP contribution is 2.31. The molecule has 1 aliphatic rings. The first kappa shape index (κ1) is 17.4. The molecule has 1 aliphatic heterocycles. The third-order valence-electron chi connectivity index (χ3n) is 3.50. The number of aromatic nitrogens is 1. The zero-order valence-electron chi connectivity index (χ0n) is 13.6. The van der Waals surface area contributed by atoms with Crippen molar-refractivity contribution < 1.29 is 14.3 Å². The van der Waals surface area contributed by atoms with Gasteiger partial charge in [0.15, 0.2) is 5.17 Å². The van der Waals surface area contributed by atoms with Crippen molar-refractivity contribution in [3.63, 3.8) is 0 Å². The number of hydrogen-bond donors (Lipinski definition) is 1. The van der Waals surface area contributed by atoms with Gasteiger partial charge in [-0.1, -0.05) is 11.8 Å². The van der Waals surface area contributed by atoms with Crippen molar-refractivity contribution in [2.24, 2.45) is 4.99 Å². The molecule has 1 saturated heterocycles. The molecule has 9 heteroatoms. The number of benzene rings is 1. The lowest BCUT2D eigenvalue weighted by Gasteiger charge is -2.09. The van der Waals surface area contributed by atoms with Crippen LogP contribution >= 0.6 is 23.1 Å². The summed E-state index contributed by atoms with van der Waals surface area (Å²) in [5, 5.41) is 5.27. The summed E-state index contributed by atoms with van der Waals surface area (Å²) in [6, 6.07) is 7.03. The molecule has 1 N–H and O–H groups in total. The van der Waals surface area contributed by atoms with Gasteiger partial charge >= 0.3 is 0 Å². The highest BCUT2D eigenvalue weighted by atomic mass is 32.2. The molecule has 2 amide bonds. The molecule has 25 heavy (non-hydrogen) atoms. The number of amides is 2. The zero-order chi connectivity index (χ0) is 17.8. The molecule has 1 aromatic heterocycles. The minimum Gasteiger partial charge on any atom is -0.497 e. The Balaban J connectivity index is 1.62. The summed E-state index contributed by atoms with van der Waals surface area (Å²) < 4.78 is 5.08. The number of hydrogen-bond acceptors (Lipinski definition) is 7. The summed E-state index contributed by atoms with van der Waals surface area (Å²) in [5.74, 6) is 0.356. The summed E-state index contributed by atoms with van der Waals surface area (Å²) in [5.41, 5.74) is 0.659. The maximum atomic E-state index is 12.3. The maximum absolute atomic E-state index is 12.3. The van der Waals surface area contributed by atoms with Gasteiger partial charge in [-0.3, -0.25) is 14.5 Å². The van der Waals surface area contributed by atoms with Gasteiger partial charge in [-0.25, -0.2) is 4.98 Å². The minimum absolute atomic E-state index is 0.0801. The number of carbonyl (C=O) groups excluding carboxylic acids is 2.